The Morgan fingerprint density at radius 2 is 2.00 bits per heavy atom. The zero-order valence-electron chi connectivity index (χ0n) is 15.6. The molecule has 4 heterocycles. The number of aromatic nitrogens is 2. The highest BCUT2D eigenvalue weighted by Gasteiger charge is 2.24. The van der Waals surface area contributed by atoms with E-state index in [1.54, 1.807) is 0 Å². The average molecular weight is 364 g/mol. The van der Waals surface area contributed by atoms with Crippen LogP contribution in [0.3, 0.4) is 0 Å². The van der Waals surface area contributed by atoms with E-state index in [9.17, 15) is 4.79 Å². The molecule has 0 amide bonds. The van der Waals surface area contributed by atoms with Crippen LogP contribution in [0.2, 0.25) is 0 Å². The first kappa shape index (κ1) is 16.6. The maximum absolute atomic E-state index is 12.5. The van der Waals surface area contributed by atoms with Crippen molar-refractivity contribution in [1.29, 1.82) is 0 Å². The predicted molar refractivity (Wildman–Crippen MR) is 105 cm³/mol. The maximum atomic E-state index is 12.5. The third kappa shape index (κ3) is 2.94. The fourth-order valence-corrected chi connectivity index (χ4v) is 4.34. The van der Waals surface area contributed by atoms with E-state index in [-0.39, 0.29) is 5.56 Å². The van der Waals surface area contributed by atoms with Gasteiger partial charge in [-0.1, -0.05) is 18.2 Å². The SMILES string of the molecule is Cc1oc2ccccc2c1CN1CCc2c(nc(N3CCCC3)[nH]c2=O)C1. The summed E-state index contributed by atoms with van der Waals surface area (Å²) in [7, 11) is 0. The third-order valence-electron chi connectivity index (χ3n) is 5.83. The lowest BCUT2D eigenvalue weighted by Gasteiger charge is -2.28. The molecule has 1 fully saturated rings. The Hall–Kier alpha value is -2.60. The van der Waals surface area contributed by atoms with E-state index < -0.39 is 0 Å². The highest BCUT2D eigenvalue weighted by molar-refractivity contribution is 5.82. The number of nitrogens with zero attached hydrogens (tertiary/aromatic N) is 3. The summed E-state index contributed by atoms with van der Waals surface area (Å²) in [6.45, 7) is 6.37. The van der Waals surface area contributed by atoms with Gasteiger partial charge in [-0.05, 0) is 32.3 Å². The molecule has 27 heavy (non-hydrogen) atoms. The molecule has 0 spiro atoms. The van der Waals surface area contributed by atoms with Gasteiger partial charge in [-0.3, -0.25) is 14.7 Å². The molecular formula is C21H24N4O2. The first-order valence-corrected chi connectivity index (χ1v) is 9.75. The Balaban J connectivity index is 1.43. The van der Waals surface area contributed by atoms with Crippen LogP contribution < -0.4 is 10.5 Å². The fraction of sp³-hybridized carbons (Fsp3) is 0.429. The second kappa shape index (κ2) is 6.53. The second-order valence-electron chi connectivity index (χ2n) is 7.60. The highest BCUT2D eigenvalue weighted by atomic mass is 16.3. The van der Waals surface area contributed by atoms with Crippen LogP contribution in [-0.2, 0) is 19.5 Å². The van der Waals surface area contributed by atoms with Gasteiger partial charge in [0.1, 0.15) is 11.3 Å². The van der Waals surface area contributed by atoms with Crippen LogP contribution in [-0.4, -0.2) is 34.5 Å². The van der Waals surface area contributed by atoms with E-state index in [0.29, 0.717) is 6.54 Å². The first-order chi connectivity index (χ1) is 13.2. The minimum absolute atomic E-state index is 0.0338. The number of fused-ring (bicyclic) bond motifs is 2. The molecule has 6 heteroatoms. The monoisotopic (exact) mass is 364 g/mol. The lowest BCUT2D eigenvalue weighted by molar-refractivity contribution is 0.240. The van der Waals surface area contributed by atoms with Crippen molar-refractivity contribution < 1.29 is 4.42 Å². The van der Waals surface area contributed by atoms with Crippen molar-refractivity contribution >= 4 is 16.9 Å². The van der Waals surface area contributed by atoms with E-state index in [4.69, 9.17) is 9.40 Å². The molecule has 2 aliphatic rings. The van der Waals surface area contributed by atoms with Gasteiger partial charge in [0.2, 0.25) is 5.95 Å². The number of aryl methyl sites for hydroxylation is 1. The first-order valence-electron chi connectivity index (χ1n) is 9.75. The fourth-order valence-electron chi connectivity index (χ4n) is 4.34. The molecule has 2 aliphatic heterocycles. The van der Waals surface area contributed by atoms with E-state index in [1.165, 1.54) is 23.8 Å². The van der Waals surface area contributed by atoms with Gasteiger partial charge in [0.25, 0.3) is 5.56 Å². The molecule has 3 aromatic rings. The number of furan rings is 1. The quantitative estimate of drug-likeness (QED) is 0.774. The van der Waals surface area contributed by atoms with Gasteiger partial charge in [0.05, 0.1) is 5.69 Å². The average Bonchev–Trinajstić information content (AvgIpc) is 3.30. The Kier molecular flexibility index (Phi) is 4.01. The van der Waals surface area contributed by atoms with Gasteiger partial charge in [0, 0.05) is 49.2 Å². The number of hydrogen-bond donors (Lipinski definition) is 1. The maximum Gasteiger partial charge on any atom is 0.255 e. The molecule has 0 atom stereocenters. The molecule has 6 nitrogen and oxygen atoms in total. The van der Waals surface area contributed by atoms with E-state index >= 15 is 0 Å². The molecule has 5 rings (SSSR count). The van der Waals surface area contributed by atoms with Crippen molar-refractivity contribution in [2.45, 2.75) is 39.3 Å². The van der Waals surface area contributed by atoms with Crippen LogP contribution in [0.15, 0.2) is 33.5 Å². The Bertz CT molecular complexity index is 1050. The molecule has 140 valence electrons. The number of H-pyrrole nitrogens is 1. The Labute approximate surface area is 157 Å². The van der Waals surface area contributed by atoms with Crippen LogP contribution in [0.1, 0.15) is 35.4 Å². The zero-order valence-corrected chi connectivity index (χ0v) is 15.6. The normalized spacial score (nSPS) is 17.6. The topological polar surface area (TPSA) is 65.4 Å². The number of anilines is 1. The number of nitrogens with one attached hydrogen (secondary N) is 1. The van der Waals surface area contributed by atoms with Crippen molar-refractivity contribution in [2.24, 2.45) is 0 Å². The number of benzene rings is 1. The van der Waals surface area contributed by atoms with Crippen LogP contribution in [0.5, 0.6) is 0 Å². The second-order valence-corrected chi connectivity index (χ2v) is 7.60. The number of aromatic amines is 1. The summed E-state index contributed by atoms with van der Waals surface area (Å²) in [6, 6.07) is 8.19. The third-order valence-corrected chi connectivity index (χ3v) is 5.83. The van der Waals surface area contributed by atoms with E-state index in [0.717, 1.165) is 61.1 Å². The molecule has 0 unspecified atom stereocenters. The van der Waals surface area contributed by atoms with Crippen LogP contribution >= 0.6 is 0 Å². The van der Waals surface area contributed by atoms with Crippen LogP contribution in [0, 0.1) is 6.92 Å². The van der Waals surface area contributed by atoms with Crippen molar-refractivity contribution in [3.63, 3.8) is 0 Å². The lowest BCUT2D eigenvalue weighted by Crippen LogP contribution is -2.36. The van der Waals surface area contributed by atoms with Gasteiger partial charge in [0.15, 0.2) is 0 Å². The summed E-state index contributed by atoms with van der Waals surface area (Å²) in [5.74, 6) is 1.71. The molecule has 1 saturated heterocycles. The molecular weight excluding hydrogens is 340 g/mol. The predicted octanol–water partition coefficient (Wildman–Crippen LogP) is 2.98. The summed E-state index contributed by atoms with van der Waals surface area (Å²) < 4.78 is 5.91. The highest BCUT2D eigenvalue weighted by Crippen LogP contribution is 2.28. The Morgan fingerprint density at radius 1 is 1.19 bits per heavy atom. The molecule has 2 aromatic heterocycles. The Morgan fingerprint density at radius 3 is 2.85 bits per heavy atom. The molecule has 0 bridgehead atoms. The molecule has 0 radical (unpaired) electrons. The molecule has 0 aliphatic carbocycles. The van der Waals surface area contributed by atoms with Gasteiger partial charge < -0.3 is 9.32 Å². The summed E-state index contributed by atoms with van der Waals surface area (Å²) in [5.41, 5.74) is 3.98. The van der Waals surface area contributed by atoms with Gasteiger partial charge in [-0.15, -0.1) is 0 Å². The standard InChI is InChI=1S/C21H24N4O2/c1-14-17(15-6-2-3-7-19(15)27-14)12-24-11-8-16-18(13-24)22-21(23-20(16)26)25-9-4-5-10-25/h2-3,6-7H,4-5,8-13H2,1H3,(H,22,23,26). The van der Waals surface area contributed by atoms with Crippen molar-refractivity contribution in [3.8, 4) is 0 Å². The zero-order chi connectivity index (χ0) is 18.4. The number of para-hydroxylation sites is 1. The number of hydrogen-bond acceptors (Lipinski definition) is 5. The minimum atomic E-state index is 0.0338. The number of rotatable bonds is 3. The van der Waals surface area contributed by atoms with Crippen molar-refractivity contribution in [3.05, 3.63) is 57.2 Å². The molecule has 0 saturated carbocycles. The molecule has 1 aromatic carbocycles. The molecule has 1 N–H and O–H groups in total. The van der Waals surface area contributed by atoms with Crippen LogP contribution in [0.25, 0.3) is 11.0 Å². The van der Waals surface area contributed by atoms with Gasteiger partial charge in [-0.25, -0.2) is 4.98 Å². The van der Waals surface area contributed by atoms with Gasteiger partial charge >= 0.3 is 0 Å². The smallest absolute Gasteiger partial charge is 0.255 e. The van der Waals surface area contributed by atoms with Crippen molar-refractivity contribution in [1.82, 2.24) is 14.9 Å². The minimum Gasteiger partial charge on any atom is -0.461 e. The summed E-state index contributed by atoms with van der Waals surface area (Å²) in [6.07, 6.45) is 3.08. The van der Waals surface area contributed by atoms with Crippen LogP contribution in [0.4, 0.5) is 5.95 Å². The largest absolute Gasteiger partial charge is 0.461 e. The summed E-state index contributed by atoms with van der Waals surface area (Å²) in [5, 5.41) is 1.18. The van der Waals surface area contributed by atoms with E-state index in [1.807, 2.05) is 19.1 Å². The van der Waals surface area contributed by atoms with E-state index in [2.05, 4.69) is 26.9 Å². The van der Waals surface area contributed by atoms with Gasteiger partial charge in [-0.2, -0.15) is 0 Å². The van der Waals surface area contributed by atoms with Crippen molar-refractivity contribution in [2.75, 3.05) is 24.5 Å². The summed E-state index contributed by atoms with van der Waals surface area (Å²) >= 11 is 0. The lowest BCUT2D eigenvalue weighted by atomic mass is 10.0. The summed E-state index contributed by atoms with van der Waals surface area (Å²) in [4.78, 5) is 24.9.